The van der Waals surface area contributed by atoms with Crippen molar-refractivity contribution in [3.8, 4) is 0 Å². The summed E-state index contributed by atoms with van der Waals surface area (Å²) in [7, 11) is 0. The van der Waals surface area contributed by atoms with Gasteiger partial charge < -0.3 is 24.7 Å². The molecule has 4 atom stereocenters. The van der Waals surface area contributed by atoms with Crippen molar-refractivity contribution in [3.05, 3.63) is 12.7 Å². The van der Waals surface area contributed by atoms with Crippen LogP contribution in [0.15, 0.2) is 12.7 Å². The molecule has 3 aliphatic rings. The van der Waals surface area contributed by atoms with E-state index in [1.807, 2.05) is 25.3 Å². The Kier molecular flexibility index (Phi) is 6.92. The predicted octanol–water partition coefficient (Wildman–Crippen LogP) is 2.66. The number of hydrogen-bond acceptors (Lipinski definition) is 10. The van der Waals surface area contributed by atoms with Crippen LogP contribution >= 0.6 is 0 Å². The maximum absolute atomic E-state index is 11.7. The average molecular weight is 503 g/mol. The number of nitrogen functional groups attached to an aromatic ring is 1. The standard InChI is InChI=1S/C25H38N6O5/c1-6-33-18(32)8-7-15-9-16(10-15)30(14(2)3)11-17-20-21(36-25(4,5)35-20)24(34-17)31-13-29-19-22(26)27-12-28-23(19)31/h12-17,20-21,24H,6-11H2,1-5H3,(H2,26,27,28)/t15-,16-,17-,20-,21-,24-/m1/s1. The quantitative estimate of drug-likeness (QED) is 0.511. The van der Waals surface area contributed by atoms with E-state index in [9.17, 15) is 4.79 Å². The molecule has 4 heterocycles. The van der Waals surface area contributed by atoms with E-state index in [4.69, 9.17) is 24.7 Å². The van der Waals surface area contributed by atoms with Crippen LogP contribution in [-0.4, -0.2) is 79.7 Å². The van der Waals surface area contributed by atoms with Crippen LogP contribution in [0.25, 0.3) is 11.2 Å². The maximum Gasteiger partial charge on any atom is 0.305 e. The fourth-order valence-corrected chi connectivity index (χ4v) is 5.84. The van der Waals surface area contributed by atoms with Gasteiger partial charge in [0.2, 0.25) is 0 Å². The smallest absolute Gasteiger partial charge is 0.305 e. The molecule has 2 aliphatic heterocycles. The minimum atomic E-state index is -0.711. The Morgan fingerprint density at radius 2 is 2.00 bits per heavy atom. The molecule has 11 heteroatoms. The molecule has 3 fully saturated rings. The van der Waals surface area contributed by atoms with Crippen LogP contribution in [-0.2, 0) is 23.7 Å². The van der Waals surface area contributed by atoms with Crippen molar-refractivity contribution in [2.45, 2.75) is 103 Å². The van der Waals surface area contributed by atoms with Gasteiger partial charge in [-0.3, -0.25) is 14.3 Å². The number of nitrogens with two attached hydrogens (primary N) is 1. The zero-order chi connectivity index (χ0) is 25.6. The topological polar surface area (TPSA) is 127 Å². The molecule has 0 radical (unpaired) electrons. The van der Waals surface area contributed by atoms with Crippen molar-refractivity contribution in [1.29, 1.82) is 0 Å². The molecule has 2 saturated heterocycles. The van der Waals surface area contributed by atoms with E-state index in [-0.39, 0.29) is 24.3 Å². The highest BCUT2D eigenvalue weighted by molar-refractivity contribution is 5.81. The van der Waals surface area contributed by atoms with Gasteiger partial charge in [-0.2, -0.15) is 0 Å². The fraction of sp³-hybridized carbons (Fsp3) is 0.760. The number of ether oxygens (including phenoxy) is 4. The highest BCUT2D eigenvalue weighted by Gasteiger charge is 2.56. The molecule has 5 rings (SSSR count). The van der Waals surface area contributed by atoms with E-state index in [0.717, 1.165) is 25.8 Å². The monoisotopic (exact) mass is 502 g/mol. The molecule has 1 saturated carbocycles. The van der Waals surface area contributed by atoms with Gasteiger partial charge in [0.05, 0.1) is 12.9 Å². The molecule has 1 aliphatic carbocycles. The second kappa shape index (κ2) is 9.85. The number of aromatic nitrogens is 4. The lowest BCUT2D eigenvalue weighted by Gasteiger charge is -2.46. The minimum Gasteiger partial charge on any atom is -0.466 e. The molecule has 0 unspecified atom stereocenters. The zero-order valence-electron chi connectivity index (χ0n) is 21.8. The number of carbonyl (C=O) groups excluding carboxylic acids is 1. The fourth-order valence-electron chi connectivity index (χ4n) is 5.84. The van der Waals surface area contributed by atoms with Crippen molar-refractivity contribution in [3.63, 3.8) is 0 Å². The van der Waals surface area contributed by atoms with E-state index in [1.165, 1.54) is 6.33 Å². The largest absolute Gasteiger partial charge is 0.466 e. The Morgan fingerprint density at radius 3 is 2.72 bits per heavy atom. The predicted molar refractivity (Wildman–Crippen MR) is 132 cm³/mol. The third-order valence-corrected chi connectivity index (χ3v) is 7.58. The molecule has 0 spiro atoms. The summed E-state index contributed by atoms with van der Waals surface area (Å²) in [4.78, 5) is 27.1. The number of carbonyl (C=O) groups is 1. The minimum absolute atomic E-state index is 0.0989. The molecule has 36 heavy (non-hydrogen) atoms. The van der Waals surface area contributed by atoms with E-state index in [0.29, 0.717) is 48.0 Å². The summed E-state index contributed by atoms with van der Waals surface area (Å²) in [5.74, 6) is 0.0793. The lowest BCUT2D eigenvalue weighted by Crippen LogP contribution is -2.52. The number of hydrogen-bond donors (Lipinski definition) is 1. The van der Waals surface area contributed by atoms with Gasteiger partial charge in [-0.25, -0.2) is 15.0 Å². The second-order valence-electron chi connectivity index (χ2n) is 10.8. The van der Waals surface area contributed by atoms with Gasteiger partial charge in [0.1, 0.15) is 30.2 Å². The average Bonchev–Trinajstić information content (AvgIpc) is 3.43. The number of imidazole rings is 1. The van der Waals surface area contributed by atoms with Crippen molar-refractivity contribution in [1.82, 2.24) is 24.4 Å². The van der Waals surface area contributed by atoms with Crippen LogP contribution < -0.4 is 5.73 Å². The first-order valence-corrected chi connectivity index (χ1v) is 13.0. The first-order chi connectivity index (χ1) is 17.2. The van der Waals surface area contributed by atoms with Crippen molar-refractivity contribution < 1.29 is 23.7 Å². The summed E-state index contributed by atoms with van der Waals surface area (Å²) in [5.41, 5.74) is 7.17. The highest BCUT2D eigenvalue weighted by atomic mass is 16.8. The normalized spacial score (nSPS) is 31.2. The Balaban J connectivity index is 1.29. The van der Waals surface area contributed by atoms with Crippen LogP contribution in [0.2, 0.25) is 0 Å². The molecular weight excluding hydrogens is 464 g/mol. The first kappa shape index (κ1) is 25.3. The van der Waals surface area contributed by atoms with Gasteiger partial charge in [-0.15, -0.1) is 0 Å². The molecule has 2 N–H and O–H groups in total. The van der Waals surface area contributed by atoms with Crippen LogP contribution in [0.4, 0.5) is 5.82 Å². The van der Waals surface area contributed by atoms with Crippen molar-refractivity contribution in [2.75, 3.05) is 18.9 Å². The van der Waals surface area contributed by atoms with E-state index in [1.54, 1.807) is 6.33 Å². The molecule has 11 nitrogen and oxygen atoms in total. The molecule has 2 aromatic rings. The summed E-state index contributed by atoms with van der Waals surface area (Å²) in [6, 6.07) is 0.800. The third kappa shape index (κ3) is 4.81. The number of rotatable bonds is 9. The summed E-state index contributed by atoms with van der Waals surface area (Å²) in [5, 5.41) is 0. The second-order valence-corrected chi connectivity index (χ2v) is 10.8. The van der Waals surface area contributed by atoms with Crippen molar-refractivity contribution >= 4 is 23.0 Å². The Bertz CT molecular complexity index is 1080. The van der Waals surface area contributed by atoms with Gasteiger partial charge in [-0.05, 0) is 59.8 Å². The van der Waals surface area contributed by atoms with E-state index in [2.05, 4.69) is 33.7 Å². The van der Waals surface area contributed by atoms with E-state index >= 15 is 0 Å². The summed E-state index contributed by atoms with van der Waals surface area (Å²) in [6.45, 7) is 11.3. The number of fused-ring (bicyclic) bond motifs is 2. The summed E-state index contributed by atoms with van der Waals surface area (Å²) in [6.07, 6.45) is 5.52. The Hall–Kier alpha value is -2.34. The molecular formula is C25H38N6O5. The van der Waals surface area contributed by atoms with Gasteiger partial charge in [0.15, 0.2) is 23.5 Å². The molecule has 0 bridgehead atoms. The van der Waals surface area contributed by atoms with Gasteiger partial charge in [0.25, 0.3) is 0 Å². The molecule has 2 aromatic heterocycles. The van der Waals surface area contributed by atoms with Crippen LogP contribution in [0, 0.1) is 5.92 Å². The van der Waals surface area contributed by atoms with Crippen LogP contribution in [0.1, 0.15) is 66.5 Å². The molecule has 0 aromatic carbocycles. The summed E-state index contributed by atoms with van der Waals surface area (Å²) < 4.78 is 26.2. The zero-order valence-corrected chi connectivity index (χ0v) is 21.8. The van der Waals surface area contributed by atoms with Crippen LogP contribution in [0.3, 0.4) is 0 Å². The Labute approximate surface area is 211 Å². The maximum atomic E-state index is 11.7. The van der Waals surface area contributed by atoms with Gasteiger partial charge >= 0.3 is 5.97 Å². The Morgan fingerprint density at radius 1 is 1.25 bits per heavy atom. The number of esters is 1. The van der Waals surface area contributed by atoms with E-state index < -0.39 is 12.0 Å². The first-order valence-electron chi connectivity index (χ1n) is 13.0. The molecule has 198 valence electrons. The lowest BCUT2D eigenvalue weighted by atomic mass is 9.76. The molecule has 0 amide bonds. The highest BCUT2D eigenvalue weighted by Crippen LogP contribution is 2.45. The lowest BCUT2D eigenvalue weighted by molar-refractivity contribution is -0.199. The van der Waals surface area contributed by atoms with Gasteiger partial charge in [-0.1, -0.05) is 0 Å². The van der Waals surface area contributed by atoms with Gasteiger partial charge in [0, 0.05) is 25.0 Å². The van der Waals surface area contributed by atoms with Crippen molar-refractivity contribution in [2.24, 2.45) is 5.92 Å². The summed E-state index contributed by atoms with van der Waals surface area (Å²) >= 11 is 0. The number of anilines is 1. The SMILES string of the molecule is CCOC(=O)CC[C@H]1C[C@H](N(C[C@H]2O[C@@H](n3cnc4c(N)ncnc43)[C@@H]3OC(C)(C)O[C@@H]32)C(C)C)C1. The number of nitrogens with zero attached hydrogens (tertiary/aromatic N) is 5. The van der Waals surface area contributed by atoms with Crippen LogP contribution in [0.5, 0.6) is 0 Å². The third-order valence-electron chi connectivity index (χ3n) is 7.58.